The van der Waals surface area contributed by atoms with Crippen LogP contribution in [0.3, 0.4) is 0 Å². The van der Waals surface area contributed by atoms with Gasteiger partial charge in [-0.2, -0.15) is 4.57 Å². The molecule has 3 heteroatoms. The van der Waals surface area contributed by atoms with Gasteiger partial charge in [-0.15, -0.1) is 0 Å². The second kappa shape index (κ2) is 6.96. The van der Waals surface area contributed by atoms with E-state index in [1.165, 1.54) is 21.5 Å². The first-order valence-corrected chi connectivity index (χ1v) is 12.3. The molecule has 0 fully saturated rings. The number of pyridine rings is 1. The molecule has 0 aliphatic heterocycles. The Bertz CT molecular complexity index is 2180. The highest BCUT2D eigenvalue weighted by molar-refractivity contribution is 6.31. The summed E-state index contributed by atoms with van der Waals surface area (Å²) in [6.45, 7) is 2.15. The molecule has 0 aliphatic carbocycles. The lowest BCUT2D eigenvalue weighted by Gasteiger charge is -2.06. The van der Waals surface area contributed by atoms with Crippen LogP contribution in [0.2, 0.25) is 0 Å². The molecule has 170 valence electrons. The normalized spacial score (nSPS) is 12.2. The Hall–Kier alpha value is -4.63. The van der Waals surface area contributed by atoms with Crippen LogP contribution in [0, 0.1) is 6.92 Å². The Morgan fingerprint density at radius 3 is 1.97 bits per heavy atom. The minimum atomic E-state index is 0.881. The maximum absolute atomic E-state index is 6.86. The van der Waals surface area contributed by atoms with Crippen LogP contribution in [0.1, 0.15) is 5.56 Å². The van der Waals surface area contributed by atoms with Gasteiger partial charge in [0.25, 0.3) is 5.69 Å². The lowest BCUT2D eigenvalue weighted by atomic mass is 9.95. The third kappa shape index (κ3) is 2.44. The highest BCUT2D eigenvalue weighted by Crippen LogP contribution is 2.45. The molecule has 0 saturated carbocycles. The minimum absolute atomic E-state index is 0.881. The van der Waals surface area contributed by atoms with E-state index in [9.17, 15) is 0 Å². The summed E-state index contributed by atoms with van der Waals surface area (Å²) in [6.07, 6.45) is 2.12. The summed E-state index contributed by atoms with van der Waals surface area (Å²) < 4.78 is 15.5. The number of fused-ring (bicyclic) bond motifs is 11. The van der Waals surface area contributed by atoms with Crippen molar-refractivity contribution in [2.45, 2.75) is 6.92 Å². The van der Waals surface area contributed by atoms with Crippen LogP contribution in [0.25, 0.3) is 76.7 Å². The number of rotatable bonds is 1. The van der Waals surface area contributed by atoms with Gasteiger partial charge in [0.15, 0.2) is 6.20 Å². The Morgan fingerprint density at radius 1 is 0.528 bits per heavy atom. The van der Waals surface area contributed by atoms with Crippen molar-refractivity contribution >= 4 is 65.4 Å². The first-order valence-electron chi connectivity index (χ1n) is 12.3. The van der Waals surface area contributed by atoms with E-state index < -0.39 is 0 Å². The number of nitrogens with zero attached hydrogens (tertiary/aromatic N) is 1. The van der Waals surface area contributed by atoms with Crippen LogP contribution in [0.4, 0.5) is 0 Å². The molecular formula is C33H22NO2+. The molecule has 3 heterocycles. The van der Waals surface area contributed by atoms with E-state index >= 15 is 0 Å². The maximum atomic E-state index is 6.86. The highest BCUT2D eigenvalue weighted by atomic mass is 16.3. The van der Waals surface area contributed by atoms with Gasteiger partial charge in [-0.25, -0.2) is 0 Å². The summed E-state index contributed by atoms with van der Waals surface area (Å²) in [4.78, 5) is 0. The van der Waals surface area contributed by atoms with Gasteiger partial charge < -0.3 is 8.83 Å². The number of hydrogen-bond donors (Lipinski definition) is 0. The second-order valence-corrected chi connectivity index (χ2v) is 9.65. The van der Waals surface area contributed by atoms with Crippen molar-refractivity contribution in [1.29, 1.82) is 0 Å². The fraction of sp³-hybridized carbons (Fsp3) is 0.0606. The smallest absolute Gasteiger partial charge is 0.260 e. The molecule has 3 nitrogen and oxygen atoms in total. The van der Waals surface area contributed by atoms with Crippen molar-refractivity contribution in [2.75, 3.05) is 0 Å². The van der Waals surface area contributed by atoms with Gasteiger partial charge in [0, 0.05) is 33.0 Å². The van der Waals surface area contributed by atoms with Crippen LogP contribution in [0.15, 0.2) is 106 Å². The van der Waals surface area contributed by atoms with Crippen LogP contribution in [-0.4, -0.2) is 0 Å². The number of aromatic nitrogens is 1. The topological polar surface area (TPSA) is 30.2 Å². The minimum Gasteiger partial charge on any atom is -0.454 e. The van der Waals surface area contributed by atoms with Crippen LogP contribution in [-0.2, 0) is 7.05 Å². The summed E-state index contributed by atoms with van der Waals surface area (Å²) in [6, 6.07) is 32.0. The van der Waals surface area contributed by atoms with Gasteiger partial charge in [-0.05, 0) is 34.7 Å². The van der Waals surface area contributed by atoms with Crippen molar-refractivity contribution in [2.24, 2.45) is 7.05 Å². The summed E-state index contributed by atoms with van der Waals surface area (Å²) in [7, 11) is 2.08. The zero-order valence-electron chi connectivity index (χ0n) is 20.0. The lowest BCUT2D eigenvalue weighted by molar-refractivity contribution is -0.659. The molecule has 0 atom stereocenters. The Morgan fingerprint density at radius 2 is 1.17 bits per heavy atom. The predicted molar refractivity (Wildman–Crippen MR) is 147 cm³/mol. The van der Waals surface area contributed by atoms with Crippen molar-refractivity contribution in [3.63, 3.8) is 0 Å². The molecule has 0 spiro atoms. The van der Waals surface area contributed by atoms with Crippen molar-refractivity contribution in [3.05, 3.63) is 103 Å². The van der Waals surface area contributed by atoms with E-state index in [2.05, 4.69) is 104 Å². The molecule has 0 saturated heterocycles. The van der Waals surface area contributed by atoms with E-state index in [-0.39, 0.29) is 0 Å². The van der Waals surface area contributed by atoms with Gasteiger partial charge in [0.1, 0.15) is 23.8 Å². The van der Waals surface area contributed by atoms with Gasteiger partial charge in [0.2, 0.25) is 5.58 Å². The number of para-hydroxylation sites is 1. The summed E-state index contributed by atoms with van der Waals surface area (Å²) >= 11 is 0. The van der Waals surface area contributed by atoms with Gasteiger partial charge in [-0.3, -0.25) is 0 Å². The quantitative estimate of drug-likeness (QED) is 0.180. The van der Waals surface area contributed by atoms with Gasteiger partial charge >= 0.3 is 0 Å². The Kier molecular flexibility index (Phi) is 3.80. The van der Waals surface area contributed by atoms with E-state index in [4.69, 9.17) is 8.83 Å². The summed E-state index contributed by atoms with van der Waals surface area (Å²) in [5.41, 5.74) is 6.86. The molecule has 0 aliphatic rings. The third-order valence-corrected chi connectivity index (χ3v) is 7.63. The monoisotopic (exact) mass is 464 g/mol. The molecule has 0 radical (unpaired) electrons. The molecule has 0 bridgehead atoms. The average molecular weight is 465 g/mol. The predicted octanol–water partition coefficient (Wildman–Crippen LogP) is 8.59. The SMILES string of the molecule is Cc1ccc2c(oc3c4ccccc4c4ccccc4c23)c1-c1c2oc3ccccc3c2cc[n+]1C. The number of benzene rings is 5. The molecule has 5 aromatic carbocycles. The van der Waals surface area contributed by atoms with E-state index in [1.807, 2.05) is 12.1 Å². The van der Waals surface area contributed by atoms with Crippen LogP contribution >= 0.6 is 0 Å². The number of aryl methyl sites for hydroxylation is 2. The standard InChI is InChI=1S/C33H22NO2/c1-19-15-16-26-29-23-12-5-3-9-20(23)21-10-4-6-13-24(21)31(29)36-32(26)28(19)30-33-25(17-18-34(30)2)22-11-7-8-14-27(22)35-33/h3-18H,1-2H3/q+1. The summed E-state index contributed by atoms with van der Waals surface area (Å²) in [5, 5.41) is 9.34. The van der Waals surface area contributed by atoms with E-state index in [0.717, 1.165) is 60.7 Å². The second-order valence-electron chi connectivity index (χ2n) is 9.65. The van der Waals surface area contributed by atoms with Crippen molar-refractivity contribution in [3.8, 4) is 11.3 Å². The molecule has 0 N–H and O–H groups in total. The highest BCUT2D eigenvalue weighted by Gasteiger charge is 2.27. The van der Waals surface area contributed by atoms with Gasteiger partial charge in [0.05, 0.1) is 5.56 Å². The third-order valence-electron chi connectivity index (χ3n) is 7.63. The zero-order valence-corrected chi connectivity index (χ0v) is 20.0. The Labute approximate surface area is 206 Å². The fourth-order valence-corrected chi connectivity index (χ4v) is 5.98. The fourth-order valence-electron chi connectivity index (χ4n) is 5.98. The molecule has 8 rings (SSSR count). The molecule has 3 aromatic heterocycles. The molecule has 0 amide bonds. The maximum Gasteiger partial charge on any atom is 0.260 e. The molecular weight excluding hydrogens is 442 g/mol. The number of hydrogen-bond acceptors (Lipinski definition) is 2. The average Bonchev–Trinajstić information content (AvgIpc) is 3.48. The van der Waals surface area contributed by atoms with E-state index in [1.54, 1.807) is 0 Å². The first-order chi connectivity index (χ1) is 17.7. The van der Waals surface area contributed by atoms with Crippen LogP contribution < -0.4 is 4.57 Å². The first kappa shape index (κ1) is 19.7. The zero-order chi connectivity index (χ0) is 24.0. The molecule has 8 aromatic rings. The lowest BCUT2D eigenvalue weighted by Crippen LogP contribution is -2.30. The van der Waals surface area contributed by atoms with E-state index in [0.29, 0.717) is 0 Å². The van der Waals surface area contributed by atoms with Crippen molar-refractivity contribution in [1.82, 2.24) is 0 Å². The van der Waals surface area contributed by atoms with Crippen LogP contribution in [0.5, 0.6) is 0 Å². The Balaban J connectivity index is 1.60. The molecule has 36 heavy (non-hydrogen) atoms. The van der Waals surface area contributed by atoms with Crippen molar-refractivity contribution < 1.29 is 13.4 Å². The number of furan rings is 2. The van der Waals surface area contributed by atoms with Gasteiger partial charge in [-0.1, -0.05) is 78.9 Å². The largest absolute Gasteiger partial charge is 0.454 e. The molecule has 0 unspecified atom stereocenters. The summed E-state index contributed by atoms with van der Waals surface area (Å²) in [5.74, 6) is 0.